The monoisotopic (exact) mass is 233 g/mol. The maximum absolute atomic E-state index is 11.5. The van der Waals surface area contributed by atoms with Crippen LogP contribution in [0.5, 0.6) is 0 Å². The minimum absolute atomic E-state index is 0.000981. The second-order valence-corrected chi connectivity index (χ2v) is 8.79. The highest BCUT2D eigenvalue weighted by molar-refractivity contribution is 8.30. The fraction of sp³-hybridized carbons (Fsp3) is 0.909. The molecule has 0 spiro atoms. The maximum Gasteiger partial charge on any atom is 0.309 e. The van der Waals surface area contributed by atoms with Crippen molar-refractivity contribution in [2.75, 3.05) is 38.5 Å². The van der Waals surface area contributed by atoms with Gasteiger partial charge in [0.25, 0.3) is 0 Å². The summed E-state index contributed by atoms with van der Waals surface area (Å²) in [6, 6.07) is 0. The van der Waals surface area contributed by atoms with Crippen LogP contribution in [0.15, 0.2) is 0 Å². The van der Waals surface area contributed by atoms with Gasteiger partial charge in [0.2, 0.25) is 0 Å². The Kier molecular flexibility index (Phi) is 4.46. The van der Waals surface area contributed by atoms with Crippen LogP contribution >= 0.6 is 10.2 Å². The molecular formula is C11H23NO2S. The Balaban J connectivity index is 2.39. The Hall–Kier alpha value is -0.220. The SMILES string of the molecule is CCOC(=O)C1CCN(S(C)(C)C)CC1. The number of hydrogen-bond donors (Lipinski definition) is 0. The Morgan fingerprint density at radius 2 is 1.87 bits per heavy atom. The molecule has 0 saturated carbocycles. The van der Waals surface area contributed by atoms with Gasteiger partial charge in [0.05, 0.1) is 12.5 Å². The quantitative estimate of drug-likeness (QED) is 0.697. The number of rotatable bonds is 3. The minimum atomic E-state index is -0.606. The van der Waals surface area contributed by atoms with E-state index in [-0.39, 0.29) is 11.9 Å². The third kappa shape index (κ3) is 3.68. The normalized spacial score (nSPS) is 21.3. The molecule has 1 saturated heterocycles. The summed E-state index contributed by atoms with van der Waals surface area (Å²) in [5.74, 6) is 0.143. The summed E-state index contributed by atoms with van der Waals surface area (Å²) in [5.41, 5.74) is 0. The molecule has 4 heteroatoms. The van der Waals surface area contributed by atoms with Crippen LogP contribution in [0, 0.1) is 5.92 Å². The Labute approximate surface area is 94.6 Å². The van der Waals surface area contributed by atoms with Crippen LogP contribution in [0.4, 0.5) is 0 Å². The highest BCUT2D eigenvalue weighted by atomic mass is 32.3. The van der Waals surface area contributed by atoms with Crippen molar-refractivity contribution in [1.29, 1.82) is 0 Å². The summed E-state index contributed by atoms with van der Waals surface area (Å²) in [5, 5.41) is 0. The predicted octanol–water partition coefficient (Wildman–Crippen LogP) is 1.87. The lowest BCUT2D eigenvalue weighted by molar-refractivity contribution is -0.149. The number of carbonyl (C=O) groups excluding carboxylic acids is 1. The number of nitrogens with zero attached hydrogens (tertiary/aromatic N) is 1. The van der Waals surface area contributed by atoms with E-state index in [0.29, 0.717) is 6.61 Å². The molecule has 0 radical (unpaired) electrons. The molecule has 0 atom stereocenters. The molecule has 0 bridgehead atoms. The van der Waals surface area contributed by atoms with E-state index in [1.165, 1.54) is 0 Å². The van der Waals surface area contributed by atoms with Crippen molar-refractivity contribution < 1.29 is 9.53 Å². The number of hydrogen-bond acceptors (Lipinski definition) is 3. The summed E-state index contributed by atoms with van der Waals surface area (Å²) in [6.45, 7) is 4.46. The molecular weight excluding hydrogens is 210 g/mol. The minimum Gasteiger partial charge on any atom is -0.466 e. The van der Waals surface area contributed by atoms with E-state index in [4.69, 9.17) is 4.74 Å². The molecule has 0 N–H and O–H groups in total. The van der Waals surface area contributed by atoms with Crippen molar-refractivity contribution in [1.82, 2.24) is 4.31 Å². The van der Waals surface area contributed by atoms with E-state index in [0.717, 1.165) is 25.9 Å². The molecule has 1 heterocycles. The van der Waals surface area contributed by atoms with Gasteiger partial charge in [0.1, 0.15) is 0 Å². The predicted molar refractivity (Wildman–Crippen MR) is 66.3 cm³/mol. The number of carbonyl (C=O) groups is 1. The highest BCUT2D eigenvalue weighted by Gasteiger charge is 2.28. The molecule has 15 heavy (non-hydrogen) atoms. The lowest BCUT2D eigenvalue weighted by Gasteiger charge is -2.43. The summed E-state index contributed by atoms with van der Waals surface area (Å²) in [6.07, 6.45) is 8.83. The van der Waals surface area contributed by atoms with E-state index in [2.05, 4.69) is 23.1 Å². The second kappa shape index (κ2) is 5.21. The first-order chi connectivity index (χ1) is 6.95. The van der Waals surface area contributed by atoms with E-state index in [9.17, 15) is 4.79 Å². The Morgan fingerprint density at radius 1 is 1.33 bits per heavy atom. The molecule has 1 aliphatic heterocycles. The van der Waals surface area contributed by atoms with Crippen molar-refractivity contribution >= 4 is 16.2 Å². The molecule has 0 amide bonds. The average Bonchev–Trinajstić information content (AvgIpc) is 2.17. The van der Waals surface area contributed by atoms with Crippen LogP contribution in [0.3, 0.4) is 0 Å². The van der Waals surface area contributed by atoms with Gasteiger partial charge in [-0.15, -0.1) is 0 Å². The van der Waals surface area contributed by atoms with Crippen molar-refractivity contribution in [3.63, 3.8) is 0 Å². The first-order valence-electron chi connectivity index (χ1n) is 5.55. The summed E-state index contributed by atoms with van der Waals surface area (Å²) in [7, 11) is -0.606. The van der Waals surface area contributed by atoms with Crippen molar-refractivity contribution in [3.05, 3.63) is 0 Å². The fourth-order valence-corrected chi connectivity index (χ4v) is 3.21. The third-order valence-electron chi connectivity index (χ3n) is 2.85. The molecule has 0 aliphatic carbocycles. The standard InChI is InChI=1S/C11H23NO2S/c1-5-14-11(13)10-6-8-12(9-7-10)15(2,3)4/h10H,5-9H2,1-4H3. The highest BCUT2D eigenvalue weighted by Crippen LogP contribution is 2.42. The van der Waals surface area contributed by atoms with Crippen LogP contribution in [0.25, 0.3) is 0 Å². The summed E-state index contributed by atoms with van der Waals surface area (Å²) < 4.78 is 7.57. The number of ether oxygens (including phenoxy) is 1. The zero-order valence-electron chi connectivity index (χ0n) is 10.3. The topological polar surface area (TPSA) is 29.5 Å². The van der Waals surface area contributed by atoms with Gasteiger partial charge in [0.15, 0.2) is 0 Å². The lowest BCUT2D eigenvalue weighted by Crippen LogP contribution is -2.37. The first kappa shape index (κ1) is 12.8. The van der Waals surface area contributed by atoms with Gasteiger partial charge in [0, 0.05) is 13.1 Å². The summed E-state index contributed by atoms with van der Waals surface area (Å²) >= 11 is 0. The van der Waals surface area contributed by atoms with Gasteiger partial charge in [-0.25, -0.2) is 0 Å². The van der Waals surface area contributed by atoms with Crippen LogP contribution < -0.4 is 0 Å². The maximum atomic E-state index is 11.5. The van der Waals surface area contributed by atoms with Crippen LogP contribution in [0.2, 0.25) is 0 Å². The molecule has 1 fully saturated rings. The molecule has 0 aromatic carbocycles. The van der Waals surface area contributed by atoms with Gasteiger partial charge in [-0.1, -0.05) is 0 Å². The molecule has 90 valence electrons. The van der Waals surface area contributed by atoms with Crippen LogP contribution in [0.1, 0.15) is 19.8 Å². The van der Waals surface area contributed by atoms with E-state index >= 15 is 0 Å². The van der Waals surface area contributed by atoms with Crippen LogP contribution in [-0.4, -0.2) is 48.7 Å². The largest absolute Gasteiger partial charge is 0.466 e. The third-order valence-corrected chi connectivity index (χ3v) is 4.76. The molecule has 1 rings (SSSR count). The smallest absolute Gasteiger partial charge is 0.309 e. The van der Waals surface area contributed by atoms with E-state index < -0.39 is 10.2 Å². The van der Waals surface area contributed by atoms with Crippen molar-refractivity contribution in [2.45, 2.75) is 19.8 Å². The van der Waals surface area contributed by atoms with E-state index in [1.54, 1.807) is 0 Å². The molecule has 0 aromatic heterocycles. The number of piperidine rings is 1. The Bertz CT molecular complexity index is 217. The zero-order valence-corrected chi connectivity index (χ0v) is 11.1. The van der Waals surface area contributed by atoms with Gasteiger partial charge in [-0.05, 0) is 38.5 Å². The molecule has 1 aliphatic rings. The summed E-state index contributed by atoms with van der Waals surface area (Å²) in [4.78, 5) is 11.5. The second-order valence-electron chi connectivity index (χ2n) is 4.73. The molecule has 0 aromatic rings. The fourth-order valence-electron chi connectivity index (χ4n) is 1.90. The zero-order chi connectivity index (χ0) is 11.5. The molecule has 3 nitrogen and oxygen atoms in total. The van der Waals surface area contributed by atoms with Crippen molar-refractivity contribution in [3.8, 4) is 0 Å². The van der Waals surface area contributed by atoms with Gasteiger partial charge < -0.3 is 4.74 Å². The average molecular weight is 233 g/mol. The van der Waals surface area contributed by atoms with E-state index in [1.807, 2.05) is 6.92 Å². The van der Waals surface area contributed by atoms with Gasteiger partial charge in [-0.3, -0.25) is 9.10 Å². The number of esters is 1. The van der Waals surface area contributed by atoms with Crippen molar-refractivity contribution in [2.24, 2.45) is 5.92 Å². The van der Waals surface area contributed by atoms with Gasteiger partial charge >= 0.3 is 5.97 Å². The first-order valence-corrected chi connectivity index (χ1v) is 8.36. The molecule has 0 unspecified atom stereocenters. The Morgan fingerprint density at radius 3 is 2.27 bits per heavy atom. The lowest BCUT2D eigenvalue weighted by atomic mass is 9.98. The van der Waals surface area contributed by atoms with Gasteiger partial charge in [-0.2, -0.15) is 10.2 Å². The van der Waals surface area contributed by atoms with Crippen LogP contribution in [-0.2, 0) is 9.53 Å².